The number of benzene rings is 2. The topological polar surface area (TPSA) is 145 Å². The summed E-state index contributed by atoms with van der Waals surface area (Å²) in [7, 11) is 0. The summed E-state index contributed by atoms with van der Waals surface area (Å²) in [5.74, 6) is -0.449. The highest BCUT2D eigenvalue weighted by atomic mass is 19.4. The minimum Gasteiger partial charge on any atom is -0.457 e. The number of pyridine rings is 1. The Hall–Kier alpha value is -5.21. The Morgan fingerprint density at radius 3 is 2.42 bits per heavy atom. The number of nitrogens with zero attached hydrogens (tertiary/aromatic N) is 3. The van der Waals surface area contributed by atoms with E-state index in [1.165, 1.54) is 42.6 Å². The summed E-state index contributed by atoms with van der Waals surface area (Å²) in [5, 5.41) is 29.4. The van der Waals surface area contributed by atoms with Crippen LogP contribution in [0.15, 0.2) is 90.4 Å². The number of urea groups is 1. The molecule has 2 amide bonds. The van der Waals surface area contributed by atoms with E-state index in [4.69, 9.17) is 20.6 Å². The molecule has 0 saturated carbocycles. The van der Waals surface area contributed by atoms with Crippen molar-refractivity contribution in [3.05, 3.63) is 107 Å². The van der Waals surface area contributed by atoms with E-state index in [9.17, 15) is 32.6 Å². The van der Waals surface area contributed by atoms with Gasteiger partial charge in [-0.3, -0.25) is 9.80 Å². The molecular formula is C31H27F4N5O5. The predicted molar refractivity (Wildman–Crippen MR) is 156 cm³/mol. The predicted octanol–water partition coefficient (Wildman–Crippen LogP) is 5.56. The lowest BCUT2D eigenvalue weighted by molar-refractivity contribution is -0.0903. The molecule has 1 aliphatic heterocycles. The molecule has 1 aliphatic carbocycles. The lowest BCUT2D eigenvalue weighted by atomic mass is 10.0. The maximum absolute atomic E-state index is 14.1. The van der Waals surface area contributed by atoms with E-state index >= 15 is 0 Å². The molecule has 45 heavy (non-hydrogen) atoms. The molecule has 1 saturated heterocycles. The maximum atomic E-state index is 14.1. The van der Waals surface area contributed by atoms with Gasteiger partial charge in [-0.1, -0.05) is 12.2 Å². The van der Waals surface area contributed by atoms with Crippen molar-refractivity contribution in [2.45, 2.75) is 38.0 Å². The number of nitrogens with one attached hydrogen (secondary N) is 1. The number of carbonyl (C=O) groups excluding carboxylic acids is 1. The van der Waals surface area contributed by atoms with Crippen LogP contribution in [-0.4, -0.2) is 57.0 Å². The summed E-state index contributed by atoms with van der Waals surface area (Å²) in [6.45, 7) is 1.64. The molecule has 5 N–H and O–H groups in total. The van der Waals surface area contributed by atoms with Crippen LogP contribution >= 0.6 is 0 Å². The first-order valence-electron chi connectivity index (χ1n) is 13.5. The molecule has 1 aromatic heterocycles. The van der Waals surface area contributed by atoms with Crippen LogP contribution < -0.4 is 20.1 Å². The monoisotopic (exact) mass is 625 g/mol. The normalized spacial score (nSPS) is 20.3. The number of aliphatic hydroxyl groups excluding tert-OH is 2. The van der Waals surface area contributed by atoms with Crippen LogP contribution in [0.25, 0.3) is 0 Å². The number of rotatable bonds is 7. The Balaban J connectivity index is 1.40. The number of halogens is 4. The fourth-order valence-electron chi connectivity index (χ4n) is 4.94. The molecular weight excluding hydrogens is 598 g/mol. The van der Waals surface area contributed by atoms with E-state index in [2.05, 4.69) is 4.98 Å². The van der Waals surface area contributed by atoms with Crippen molar-refractivity contribution < 1.29 is 42.0 Å². The number of nitrogens with two attached hydrogens (primary N) is 1. The number of aliphatic hydroxyl groups is 2. The number of carbonyl (C=O) groups is 1. The second-order valence-corrected chi connectivity index (χ2v) is 10.1. The molecule has 14 heteroatoms. The zero-order valence-corrected chi connectivity index (χ0v) is 23.6. The van der Waals surface area contributed by atoms with E-state index in [-0.39, 0.29) is 35.0 Å². The van der Waals surface area contributed by atoms with Gasteiger partial charge in [-0.15, -0.1) is 0 Å². The molecule has 3 aromatic rings. The van der Waals surface area contributed by atoms with E-state index in [0.717, 1.165) is 46.4 Å². The highest BCUT2D eigenvalue weighted by Gasteiger charge is 2.48. The van der Waals surface area contributed by atoms with Gasteiger partial charge in [0.15, 0.2) is 12.5 Å². The van der Waals surface area contributed by atoms with Crippen LogP contribution in [-0.2, 0) is 0 Å². The van der Waals surface area contributed by atoms with E-state index in [0.29, 0.717) is 11.3 Å². The number of nitrogen functional groups attached to an aromatic ring is 1. The van der Waals surface area contributed by atoms with Gasteiger partial charge in [0.25, 0.3) is 0 Å². The van der Waals surface area contributed by atoms with Gasteiger partial charge in [0.1, 0.15) is 34.6 Å². The molecule has 10 nitrogen and oxygen atoms in total. The van der Waals surface area contributed by atoms with Crippen LogP contribution in [0, 0.1) is 18.2 Å². The van der Waals surface area contributed by atoms with Gasteiger partial charge in [-0.2, -0.15) is 13.2 Å². The number of aryl methyl sites for hydroxylation is 1. The maximum Gasteiger partial charge on any atom is 0.419 e. The minimum atomic E-state index is -4.86. The molecule has 234 valence electrons. The molecule has 3 atom stereocenters. The molecule has 0 spiro atoms. The van der Waals surface area contributed by atoms with Crippen LogP contribution in [0.5, 0.6) is 17.2 Å². The Kier molecular flexibility index (Phi) is 8.62. The second kappa shape index (κ2) is 12.4. The molecule has 0 bridgehead atoms. The number of anilines is 2. The summed E-state index contributed by atoms with van der Waals surface area (Å²) in [5.41, 5.74) is 5.59. The van der Waals surface area contributed by atoms with Gasteiger partial charge < -0.3 is 30.8 Å². The fraction of sp³-hybridized carbons (Fsp3) is 0.194. The number of allylic oxidation sites excluding steroid dienone is 3. The van der Waals surface area contributed by atoms with Crippen LogP contribution in [0.2, 0.25) is 0 Å². The van der Waals surface area contributed by atoms with Crippen LogP contribution in [0.3, 0.4) is 0 Å². The molecule has 2 heterocycles. The third kappa shape index (κ3) is 6.37. The molecule has 2 aliphatic rings. The Morgan fingerprint density at radius 2 is 1.76 bits per heavy atom. The van der Waals surface area contributed by atoms with Gasteiger partial charge in [0, 0.05) is 12.4 Å². The van der Waals surface area contributed by atoms with Crippen molar-refractivity contribution in [2.24, 2.45) is 0 Å². The SMILES string of the molecule is Cc1cc(Oc2ccnc(N)c2C=N)ccc1N1C(=O)N(C2C=CC(C(F)(F)F)=C(Oc3ccc(F)cc3)C=CC2)C(O)C1O. The average molecular weight is 626 g/mol. The third-order valence-electron chi connectivity index (χ3n) is 7.13. The number of amides is 2. The standard InChI is InChI=1S/C31H27F4N5O5/c1-17-15-21(45-25-13-14-38-27(37)22(25)16-36)10-12-24(17)40-29(42)28(41)39(30(40)43)19-3-2-4-26(23(11-7-19)31(33,34)35)44-20-8-5-18(32)6-9-20/h2,4-16,19,28-29,36,41-42H,3H2,1H3,(H2,37,38). The van der Waals surface area contributed by atoms with Crippen molar-refractivity contribution in [3.63, 3.8) is 0 Å². The molecule has 1 fully saturated rings. The first kappa shape index (κ1) is 31.2. The summed E-state index contributed by atoms with van der Waals surface area (Å²) in [4.78, 5) is 19.3. The zero-order chi connectivity index (χ0) is 32.5. The van der Waals surface area contributed by atoms with Gasteiger partial charge >= 0.3 is 12.2 Å². The Labute approximate surface area is 254 Å². The van der Waals surface area contributed by atoms with E-state index in [1.54, 1.807) is 13.0 Å². The molecule has 0 radical (unpaired) electrons. The Morgan fingerprint density at radius 1 is 1.04 bits per heavy atom. The quantitative estimate of drug-likeness (QED) is 0.199. The van der Waals surface area contributed by atoms with Crippen LogP contribution in [0.4, 0.5) is 33.9 Å². The number of alkyl halides is 3. The average Bonchev–Trinajstić information content (AvgIpc) is 3.18. The van der Waals surface area contributed by atoms with E-state index < -0.39 is 47.9 Å². The van der Waals surface area contributed by atoms with Crippen molar-refractivity contribution in [1.82, 2.24) is 9.88 Å². The molecule has 2 aromatic carbocycles. The largest absolute Gasteiger partial charge is 0.457 e. The first-order valence-corrected chi connectivity index (χ1v) is 13.5. The van der Waals surface area contributed by atoms with Crippen molar-refractivity contribution in [3.8, 4) is 17.2 Å². The van der Waals surface area contributed by atoms with Crippen molar-refractivity contribution in [1.29, 1.82) is 5.41 Å². The van der Waals surface area contributed by atoms with Gasteiger partial charge in [-0.25, -0.2) is 14.2 Å². The van der Waals surface area contributed by atoms with Crippen molar-refractivity contribution >= 4 is 23.8 Å². The smallest absolute Gasteiger partial charge is 0.419 e. The molecule has 5 rings (SSSR count). The summed E-state index contributed by atoms with van der Waals surface area (Å²) < 4.78 is 66.7. The zero-order valence-electron chi connectivity index (χ0n) is 23.6. The van der Waals surface area contributed by atoms with Crippen molar-refractivity contribution in [2.75, 3.05) is 10.6 Å². The fourth-order valence-corrected chi connectivity index (χ4v) is 4.94. The lowest BCUT2D eigenvalue weighted by Gasteiger charge is -2.28. The minimum absolute atomic E-state index is 0.0147. The number of ether oxygens (including phenoxy) is 2. The number of hydrogen-bond donors (Lipinski definition) is 4. The summed E-state index contributed by atoms with van der Waals surface area (Å²) in [6.07, 6.45) is -1.72. The van der Waals surface area contributed by atoms with E-state index in [1.807, 2.05) is 0 Å². The number of aromatic nitrogens is 1. The van der Waals surface area contributed by atoms with Gasteiger partial charge in [0.05, 0.1) is 22.9 Å². The highest BCUT2D eigenvalue weighted by molar-refractivity contribution is 5.96. The summed E-state index contributed by atoms with van der Waals surface area (Å²) >= 11 is 0. The highest BCUT2D eigenvalue weighted by Crippen LogP contribution is 2.37. The summed E-state index contributed by atoms with van der Waals surface area (Å²) in [6, 6.07) is 8.63. The first-order chi connectivity index (χ1) is 21.4. The van der Waals surface area contributed by atoms with Gasteiger partial charge in [-0.05, 0) is 79.6 Å². The van der Waals surface area contributed by atoms with Gasteiger partial charge in [0.2, 0.25) is 0 Å². The lowest BCUT2D eigenvalue weighted by Crippen LogP contribution is -2.43. The molecule has 3 unspecified atom stereocenters. The number of hydrogen-bond acceptors (Lipinski definition) is 8. The van der Waals surface area contributed by atoms with Crippen LogP contribution in [0.1, 0.15) is 17.5 Å². The third-order valence-corrected chi connectivity index (χ3v) is 7.13. The second-order valence-electron chi connectivity index (χ2n) is 10.1. The Bertz CT molecular complexity index is 1710.